The highest BCUT2D eigenvalue weighted by molar-refractivity contribution is 8.00. The molecule has 9 heteroatoms. The van der Waals surface area contributed by atoms with Crippen molar-refractivity contribution in [3.63, 3.8) is 0 Å². The van der Waals surface area contributed by atoms with Crippen molar-refractivity contribution in [2.45, 2.75) is 5.03 Å². The van der Waals surface area contributed by atoms with Crippen molar-refractivity contribution < 1.29 is 22.4 Å². The summed E-state index contributed by atoms with van der Waals surface area (Å²) in [4.78, 5) is 12.2. The van der Waals surface area contributed by atoms with E-state index in [0.717, 1.165) is 34.7 Å². The number of anilines is 1. The predicted octanol–water partition coefficient (Wildman–Crippen LogP) is 5.58. The molecule has 0 unspecified atom stereocenters. The summed E-state index contributed by atoms with van der Waals surface area (Å²) in [6.45, 7) is 0. The molecule has 0 bridgehead atoms. The molecule has 156 valence electrons. The van der Waals surface area contributed by atoms with Gasteiger partial charge < -0.3 is 5.32 Å². The molecule has 31 heavy (non-hydrogen) atoms. The van der Waals surface area contributed by atoms with Crippen LogP contribution < -0.4 is 5.32 Å². The van der Waals surface area contributed by atoms with Crippen LogP contribution in [0.5, 0.6) is 0 Å². The molecule has 1 heterocycles. The highest BCUT2D eigenvalue weighted by atomic mass is 32.2. The summed E-state index contributed by atoms with van der Waals surface area (Å²) in [5.74, 6) is -5.61. The summed E-state index contributed by atoms with van der Waals surface area (Å²) in [6.07, 6.45) is 0. The van der Waals surface area contributed by atoms with Gasteiger partial charge in [-0.15, -0.1) is 10.2 Å². The van der Waals surface area contributed by atoms with Crippen LogP contribution in [0.4, 0.5) is 23.2 Å². The van der Waals surface area contributed by atoms with Crippen molar-refractivity contribution in [2.75, 3.05) is 11.1 Å². The lowest BCUT2D eigenvalue weighted by atomic mass is 10.1. The molecule has 1 amide bonds. The van der Waals surface area contributed by atoms with Crippen LogP contribution in [-0.4, -0.2) is 21.9 Å². The second-order valence-corrected chi connectivity index (χ2v) is 7.43. The number of amides is 1. The molecule has 0 aliphatic rings. The number of carbonyl (C=O) groups is 1. The standard InChI is InChI=1S/C22H13F4N3OS/c23-13-7-5-12(6-8-13)21-14-3-1-2-4-15(14)22(29-28-21)31-11-18(30)27-17-10-9-16(24)19(25)20(17)26/h1-10H,11H2,(H,27,30). The summed E-state index contributed by atoms with van der Waals surface area (Å²) < 4.78 is 53.3. The van der Waals surface area contributed by atoms with Crippen molar-refractivity contribution in [1.29, 1.82) is 0 Å². The second kappa shape index (κ2) is 8.73. The number of nitrogens with zero attached hydrogens (tertiary/aromatic N) is 2. The van der Waals surface area contributed by atoms with E-state index in [-0.39, 0.29) is 11.6 Å². The fourth-order valence-electron chi connectivity index (χ4n) is 2.95. The summed E-state index contributed by atoms with van der Waals surface area (Å²) in [5.41, 5.74) is 0.800. The van der Waals surface area contributed by atoms with Gasteiger partial charge in [-0.2, -0.15) is 0 Å². The Hall–Kier alpha value is -3.46. The number of hydrogen-bond donors (Lipinski definition) is 1. The maximum absolute atomic E-state index is 13.7. The Balaban J connectivity index is 1.55. The first-order valence-corrected chi connectivity index (χ1v) is 10.00. The molecule has 0 aliphatic carbocycles. The summed E-state index contributed by atoms with van der Waals surface area (Å²) >= 11 is 1.06. The van der Waals surface area contributed by atoms with E-state index in [1.54, 1.807) is 18.2 Å². The molecule has 0 atom stereocenters. The van der Waals surface area contributed by atoms with E-state index >= 15 is 0 Å². The fraction of sp³-hybridized carbons (Fsp3) is 0.0455. The monoisotopic (exact) mass is 443 g/mol. The Kier molecular flexibility index (Phi) is 5.85. The largest absolute Gasteiger partial charge is 0.323 e. The molecular weight excluding hydrogens is 430 g/mol. The van der Waals surface area contributed by atoms with Crippen molar-refractivity contribution in [1.82, 2.24) is 10.2 Å². The lowest BCUT2D eigenvalue weighted by molar-refractivity contribution is -0.113. The van der Waals surface area contributed by atoms with E-state index in [1.807, 2.05) is 18.2 Å². The van der Waals surface area contributed by atoms with Gasteiger partial charge in [-0.1, -0.05) is 36.0 Å². The summed E-state index contributed by atoms with van der Waals surface area (Å²) in [6, 6.07) is 14.8. The lowest BCUT2D eigenvalue weighted by Crippen LogP contribution is -2.16. The number of benzene rings is 3. The molecular formula is C22H13F4N3OS. The van der Waals surface area contributed by atoms with Crippen LogP contribution in [0.2, 0.25) is 0 Å². The quantitative estimate of drug-likeness (QED) is 0.248. The average Bonchev–Trinajstić information content (AvgIpc) is 2.78. The van der Waals surface area contributed by atoms with E-state index in [9.17, 15) is 22.4 Å². The molecule has 4 rings (SSSR count). The first-order chi connectivity index (χ1) is 14.9. The maximum atomic E-state index is 13.7. The topological polar surface area (TPSA) is 54.9 Å². The van der Waals surface area contributed by atoms with Gasteiger partial charge in [0.25, 0.3) is 0 Å². The first kappa shape index (κ1) is 20.8. The minimum Gasteiger partial charge on any atom is -0.323 e. The van der Waals surface area contributed by atoms with E-state index in [1.165, 1.54) is 12.1 Å². The third-order valence-corrected chi connectivity index (χ3v) is 5.40. The highest BCUT2D eigenvalue weighted by Crippen LogP contribution is 2.32. The number of halogens is 4. The maximum Gasteiger partial charge on any atom is 0.234 e. The number of hydrogen-bond acceptors (Lipinski definition) is 4. The van der Waals surface area contributed by atoms with Crippen molar-refractivity contribution in [3.8, 4) is 11.3 Å². The summed E-state index contributed by atoms with van der Waals surface area (Å²) in [7, 11) is 0. The van der Waals surface area contributed by atoms with E-state index < -0.39 is 29.0 Å². The fourth-order valence-corrected chi connectivity index (χ4v) is 3.72. The molecule has 0 saturated heterocycles. The molecule has 0 radical (unpaired) electrons. The Morgan fingerprint density at radius 2 is 1.55 bits per heavy atom. The van der Waals surface area contributed by atoms with Gasteiger partial charge in [-0.3, -0.25) is 4.79 Å². The zero-order chi connectivity index (χ0) is 22.0. The predicted molar refractivity (Wildman–Crippen MR) is 111 cm³/mol. The molecule has 4 nitrogen and oxygen atoms in total. The van der Waals surface area contributed by atoms with Gasteiger partial charge in [0.1, 0.15) is 16.5 Å². The smallest absolute Gasteiger partial charge is 0.234 e. The van der Waals surface area contributed by atoms with Crippen LogP contribution in [0, 0.1) is 23.3 Å². The van der Waals surface area contributed by atoms with Crippen LogP contribution in [0.25, 0.3) is 22.0 Å². The minimum absolute atomic E-state index is 0.160. The third kappa shape index (κ3) is 4.36. The Bertz CT molecular complexity index is 1280. The van der Waals surface area contributed by atoms with E-state index in [4.69, 9.17) is 0 Å². The summed E-state index contributed by atoms with van der Waals surface area (Å²) in [5, 5.41) is 12.6. The van der Waals surface area contributed by atoms with Crippen LogP contribution >= 0.6 is 11.8 Å². The van der Waals surface area contributed by atoms with E-state index in [0.29, 0.717) is 16.3 Å². The van der Waals surface area contributed by atoms with Crippen molar-refractivity contribution in [2.24, 2.45) is 0 Å². The number of nitrogens with one attached hydrogen (secondary N) is 1. The van der Waals surface area contributed by atoms with E-state index in [2.05, 4.69) is 15.5 Å². The zero-order valence-electron chi connectivity index (χ0n) is 15.7. The second-order valence-electron chi connectivity index (χ2n) is 6.47. The number of aromatic nitrogens is 2. The SMILES string of the molecule is O=C(CSc1nnc(-c2ccc(F)cc2)c2ccccc12)Nc1ccc(F)c(F)c1F. The van der Waals surface area contributed by atoms with Crippen LogP contribution in [-0.2, 0) is 4.79 Å². The van der Waals surface area contributed by atoms with Crippen LogP contribution in [0.15, 0.2) is 65.7 Å². The highest BCUT2D eigenvalue weighted by Gasteiger charge is 2.17. The Morgan fingerprint density at radius 1 is 0.839 bits per heavy atom. The number of carbonyl (C=O) groups excluding carboxylic acids is 1. The molecule has 1 N–H and O–H groups in total. The Labute approximate surface area is 178 Å². The van der Waals surface area contributed by atoms with Gasteiger partial charge in [0, 0.05) is 16.3 Å². The molecule has 0 saturated carbocycles. The molecule has 3 aromatic carbocycles. The zero-order valence-corrected chi connectivity index (χ0v) is 16.5. The van der Waals surface area contributed by atoms with Gasteiger partial charge in [0.2, 0.25) is 5.91 Å². The number of rotatable bonds is 5. The van der Waals surface area contributed by atoms with Crippen molar-refractivity contribution >= 4 is 34.1 Å². The number of thioether (sulfide) groups is 1. The van der Waals surface area contributed by atoms with Gasteiger partial charge in [0.05, 0.1) is 11.4 Å². The van der Waals surface area contributed by atoms with Gasteiger partial charge in [-0.25, -0.2) is 17.6 Å². The molecule has 0 spiro atoms. The van der Waals surface area contributed by atoms with Crippen LogP contribution in [0.3, 0.4) is 0 Å². The van der Waals surface area contributed by atoms with Gasteiger partial charge >= 0.3 is 0 Å². The van der Waals surface area contributed by atoms with Crippen molar-refractivity contribution in [3.05, 3.63) is 83.9 Å². The lowest BCUT2D eigenvalue weighted by Gasteiger charge is -2.10. The Morgan fingerprint density at radius 3 is 2.29 bits per heavy atom. The minimum atomic E-state index is -1.65. The van der Waals surface area contributed by atoms with Gasteiger partial charge in [-0.05, 0) is 36.4 Å². The average molecular weight is 443 g/mol. The third-order valence-electron chi connectivity index (χ3n) is 4.42. The normalized spacial score (nSPS) is 11.0. The molecule has 0 aliphatic heterocycles. The molecule has 0 fully saturated rings. The number of fused-ring (bicyclic) bond motifs is 1. The molecule has 4 aromatic rings. The molecule has 1 aromatic heterocycles. The van der Waals surface area contributed by atoms with Crippen LogP contribution in [0.1, 0.15) is 0 Å². The van der Waals surface area contributed by atoms with Gasteiger partial charge in [0.15, 0.2) is 17.5 Å². The first-order valence-electron chi connectivity index (χ1n) is 9.01.